The number of thiophene rings is 1. The van der Waals surface area contributed by atoms with E-state index in [9.17, 15) is 0 Å². The van der Waals surface area contributed by atoms with Gasteiger partial charge in [0.25, 0.3) is 0 Å². The van der Waals surface area contributed by atoms with Crippen LogP contribution in [-0.4, -0.2) is 42.5 Å². The van der Waals surface area contributed by atoms with Gasteiger partial charge in [-0.3, -0.25) is 4.90 Å². The molecule has 90 valence electrons. The summed E-state index contributed by atoms with van der Waals surface area (Å²) in [4.78, 5) is 6.59. The number of rotatable bonds is 3. The highest BCUT2D eigenvalue weighted by atomic mass is 79.9. The normalized spacial score (nSPS) is 19.9. The number of halogens is 1. The van der Waals surface area contributed by atoms with Gasteiger partial charge in [0.05, 0.1) is 3.79 Å². The zero-order chi connectivity index (χ0) is 11.4. The van der Waals surface area contributed by atoms with Gasteiger partial charge in [0, 0.05) is 24.5 Å². The average Bonchev–Trinajstić information content (AvgIpc) is 2.55. The lowest BCUT2D eigenvalue weighted by molar-refractivity contribution is 0.259. The maximum atomic E-state index is 3.52. The predicted octanol–water partition coefficient (Wildman–Crippen LogP) is 3.04. The van der Waals surface area contributed by atoms with Crippen LogP contribution in [0.3, 0.4) is 0 Å². The lowest BCUT2D eigenvalue weighted by atomic mass is 10.3. The van der Waals surface area contributed by atoms with Crippen molar-refractivity contribution < 1.29 is 0 Å². The third kappa shape index (κ3) is 3.55. The Kier molecular flexibility index (Phi) is 4.82. The first-order valence-corrected chi connectivity index (χ1v) is 7.58. The maximum absolute atomic E-state index is 3.52. The van der Waals surface area contributed by atoms with Crippen molar-refractivity contribution >= 4 is 27.3 Å². The lowest BCUT2D eigenvalue weighted by Gasteiger charge is -2.20. The van der Waals surface area contributed by atoms with Gasteiger partial charge < -0.3 is 4.90 Å². The largest absolute Gasteiger partial charge is 0.302 e. The number of nitrogens with zero attached hydrogens (tertiary/aromatic N) is 2. The van der Waals surface area contributed by atoms with Crippen molar-refractivity contribution in [3.8, 4) is 0 Å². The van der Waals surface area contributed by atoms with Crippen LogP contribution in [0.5, 0.6) is 0 Å². The quantitative estimate of drug-likeness (QED) is 0.847. The Morgan fingerprint density at radius 2 is 1.94 bits per heavy atom. The van der Waals surface area contributed by atoms with E-state index in [0.29, 0.717) is 0 Å². The third-order valence-corrected chi connectivity index (χ3v) is 4.75. The zero-order valence-electron chi connectivity index (χ0n) is 9.79. The first kappa shape index (κ1) is 12.6. The molecule has 0 aromatic carbocycles. The Morgan fingerprint density at radius 1 is 1.19 bits per heavy atom. The van der Waals surface area contributed by atoms with Crippen molar-refractivity contribution in [2.24, 2.45) is 0 Å². The van der Waals surface area contributed by atoms with E-state index in [1.54, 1.807) is 0 Å². The predicted molar refractivity (Wildman–Crippen MR) is 74.0 cm³/mol. The van der Waals surface area contributed by atoms with Crippen LogP contribution in [0.1, 0.15) is 18.2 Å². The smallest absolute Gasteiger partial charge is 0.0701 e. The van der Waals surface area contributed by atoms with Gasteiger partial charge >= 0.3 is 0 Å². The zero-order valence-corrected chi connectivity index (χ0v) is 12.2. The Balaban J connectivity index is 1.86. The molecule has 0 bridgehead atoms. The maximum Gasteiger partial charge on any atom is 0.0701 e. The molecule has 0 radical (unpaired) electrons. The van der Waals surface area contributed by atoms with E-state index in [4.69, 9.17) is 0 Å². The Labute approximate surface area is 110 Å². The van der Waals surface area contributed by atoms with E-state index < -0.39 is 0 Å². The molecule has 1 aromatic heterocycles. The standard InChI is InChI=1S/C12H19BrN2S/c1-2-14-6-3-7-15(9-8-14)10-11-4-5-12(13)16-11/h4-5H,2-3,6-10H2,1H3. The third-order valence-electron chi connectivity index (χ3n) is 3.14. The van der Waals surface area contributed by atoms with Gasteiger partial charge in [0.2, 0.25) is 0 Å². The van der Waals surface area contributed by atoms with Crippen molar-refractivity contribution in [2.75, 3.05) is 32.7 Å². The fourth-order valence-electron chi connectivity index (χ4n) is 2.16. The summed E-state index contributed by atoms with van der Waals surface area (Å²) in [6.07, 6.45) is 1.31. The Hall–Kier alpha value is 0.1000. The monoisotopic (exact) mass is 302 g/mol. The minimum absolute atomic E-state index is 1.12. The van der Waals surface area contributed by atoms with Crippen LogP contribution in [0, 0.1) is 0 Å². The van der Waals surface area contributed by atoms with Crippen LogP contribution in [0.2, 0.25) is 0 Å². The van der Waals surface area contributed by atoms with Gasteiger partial charge in [-0.2, -0.15) is 0 Å². The van der Waals surface area contributed by atoms with E-state index in [2.05, 4.69) is 44.8 Å². The Morgan fingerprint density at radius 3 is 2.62 bits per heavy atom. The van der Waals surface area contributed by atoms with Gasteiger partial charge in [-0.25, -0.2) is 0 Å². The summed E-state index contributed by atoms with van der Waals surface area (Å²) >= 11 is 5.38. The second-order valence-corrected chi connectivity index (χ2v) is 6.82. The van der Waals surface area contributed by atoms with E-state index >= 15 is 0 Å². The van der Waals surface area contributed by atoms with Crippen molar-refractivity contribution in [3.05, 3.63) is 20.8 Å². The van der Waals surface area contributed by atoms with Crippen LogP contribution in [-0.2, 0) is 6.54 Å². The van der Waals surface area contributed by atoms with E-state index in [-0.39, 0.29) is 0 Å². The molecule has 1 aliphatic rings. The van der Waals surface area contributed by atoms with E-state index in [1.165, 1.54) is 47.8 Å². The lowest BCUT2D eigenvalue weighted by Crippen LogP contribution is -2.30. The molecule has 1 aliphatic heterocycles. The fraction of sp³-hybridized carbons (Fsp3) is 0.667. The van der Waals surface area contributed by atoms with Crippen molar-refractivity contribution in [3.63, 3.8) is 0 Å². The van der Waals surface area contributed by atoms with E-state index in [1.807, 2.05) is 11.3 Å². The molecular formula is C12H19BrN2S. The topological polar surface area (TPSA) is 6.48 Å². The highest BCUT2D eigenvalue weighted by Crippen LogP contribution is 2.23. The Bertz CT molecular complexity index is 327. The summed E-state index contributed by atoms with van der Waals surface area (Å²) in [6.45, 7) is 9.51. The van der Waals surface area contributed by atoms with Crippen molar-refractivity contribution in [1.82, 2.24) is 9.80 Å². The molecule has 1 saturated heterocycles. The number of hydrogen-bond acceptors (Lipinski definition) is 3. The molecule has 0 spiro atoms. The molecule has 0 amide bonds. The number of hydrogen-bond donors (Lipinski definition) is 0. The SMILES string of the molecule is CCN1CCCN(Cc2ccc(Br)s2)CC1. The molecule has 1 fully saturated rings. The van der Waals surface area contributed by atoms with Crippen molar-refractivity contribution in [2.45, 2.75) is 19.9 Å². The molecule has 0 atom stereocenters. The van der Waals surface area contributed by atoms with Gasteiger partial charge in [0.1, 0.15) is 0 Å². The first-order chi connectivity index (χ1) is 7.78. The van der Waals surface area contributed by atoms with Crippen molar-refractivity contribution in [1.29, 1.82) is 0 Å². The highest BCUT2D eigenvalue weighted by Gasteiger charge is 2.14. The molecule has 16 heavy (non-hydrogen) atoms. The number of likely N-dealkylation sites (N-methyl/N-ethyl adjacent to an activating group) is 1. The second kappa shape index (κ2) is 6.15. The van der Waals surface area contributed by atoms with Crippen LogP contribution in [0.15, 0.2) is 15.9 Å². The fourth-order valence-corrected chi connectivity index (χ4v) is 3.68. The van der Waals surface area contributed by atoms with Crippen LogP contribution in [0.4, 0.5) is 0 Å². The van der Waals surface area contributed by atoms with Crippen LogP contribution in [0.25, 0.3) is 0 Å². The molecule has 1 aromatic rings. The highest BCUT2D eigenvalue weighted by molar-refractivity contribution is 9.11. The summed E-state index contributed by atoms with van der Waals surface area (Å²) in [6, 6.07) is 4.38. The molecule has 2 nitrogen and oxygen atoms in total. The van der Waals surface area contributed by atoms with Gasteiger partial charge in [-0.1, -0.05) is 6.92 Å². The molecule has 0 saturated carbocycles. The molecule has 2 rings (SSSR count). The molecular weight excluding hydrogens is 284 g/mol. The molecule has 4 heteroatoms. The average molecular weight is 303 g/mol. The summed E-state index contributed by atoms with van der Waals surface area (Å²) in [5.74, 6) is 0. The second-order valence-electron chi connectivity index (χ2n) is 4.27. The molecule has 0 aliphatic carbocycles. The molecule has 0 unspecified atom stereocenters. The van der Waals surface area contributed by atoms with Gasteiger partial charge in [0.15, 0.2) is 0 Å². The summed E-state index contributed by atoms with van der Waals surface area (Å²) < 4.78 is 1.24. The summed E-state index contributed by atoms with van der Waals surface area (Å²) in [5, 5.41) is 0. The van der Waals surface area contributed by atoms with Gasteiger partial charge in [-0.15, -0.1) is 11.3 Å². The van der Waals surface area contributed by atoms with E-state index in [0.717, 1.165) is 6.54 Å². The molecule has 0 N–H and O–H groups in total. The first-order valence-electron chi connectivity index (χ1n) is 5.97. The minimum Gasteiger partial charge on any atom is -0.302 e. The van der Waals surface area contributed by atoms with Crippen LogP contribution < -0.4 is 0 Å². The van der Waals surface area contributed by atoms with Gasteiger partial charge in [-0.05, 0) is 54.1 Å². The molecule has 2 heterocycles. The summed E-state index contributed by atoms with van der Waals surface area (Å²) in [5.41, 5.74) is 0. The summed E-state index contributed by atoms with van der Waals surface area (Å²) in [7, 11) is 0. The van der Waals surface area contributed by atoms with Crippen LogP contribution >= 0.6 is 27.3 Å². The minimum atomic E-state index is 1.12.